The molecule has 26 heavy (non-hydrogen) atoms. The number of likely N-dealkylation sites (tertiary alicyclic amines) is 1. The van der Waals surface area contributed by atoms with Gasteiger partial charge in [0.05, 0.1) is 13.7 Å². The summed E-state index contributed by atoms with van der Waals surface area (Å²) in [5, 5.41) is 6.77. The number of ether oxygens (including phenoxy) is 1. The number of benzene rings is 1. The fraction of sp³-hybridized carbons (Fsp3) is 0.529. The largest absolute Gasteiger partial charge is 0.496 e. The standard InChI is InChI=1S/C17H26BrN5O2.HI/c1-20-17(21-10-12-9-13(18)3-4-15(12)25-2)22-14-5-7-23(8-6-14)11-16(19)24;/h3-4,9,14H,5-8,10-11H2,1-2H3,(H2,19,24)(H2,20,21,22);1H. The third-order valence-corrected chi connectivity index (χ3v) is 4.71. The Morgan fingerprint density at radius 2 is 2.12 bits per heavy atom. The highest BCUT2D eigenvalue weighted by Crippen LogP contribution is 2.22. The Bertz CT molecular complexity index is 621. The number of hydrogen-bond donors (Lipinski definition) is 3. The first-order valence-corrected chi connectivity index (χ1v) is 9.11. The van der Waals surface area contributed by atoms with Gasteiger partial charge in [0.1, 0.15) is 5.75 Å². The van der Waals surface area contributed by atoms with E-state index in [9.17, 15) is 4.79 Å². The average molecular weight is 540 g/mol. The Labute approximate surface area is 180 Å². The van der Waals surface area contributed by atoms with Crippen molar-refractivity contribution in [2.75, 3.05) is 33.8 Å². The average Bonchev–Trinajstić information content (AvgIpc) is 2.59. The van der Waals surface area contributed by atoms with E-state index in [0.717, 1.165) is 47.7 Å². The number of nitrogens with one attached hydrogen (secondary N) is 2. The second-order valence-electron chi connectivity index (χ2n) is 6.04. The van der Waals surface area contributed by atoms with E-state index in [0.29, 0.717) is 19.1 Å². The number of nitrogens with zero attached hydrogens (tertiary/aromatic N) is 2. The Kier molecular flexibility index (Phi) is 10.3. The summed E-state index contributed by atoms with van der Waals surface area (Å²) in [7, 11) is 3.43. The molecule has 0 radical (unpaired) electrons. The summed E-state index contributed by atoms with van der Waals surface area (Å²) in [6, 6.07) is 6.25. The van der Waals surface area contributed by atoms with Gasteiger partial charge in [0.25, 0.3) is 0 Å². The van der Waals surface area contributed by atoms with Gasteiger partial charge in [-0.05, 0) is 31.0 Å². The first-order valence-electron chi connectivity index (χ1n) is 8.32. The lowest BCUT2D eigenvalue weighted by Crippen LogP contribution is -2.49. The molecule has 0 unspecified atom stereocenters. The Hall–Kier alpha value is -1.07. The van der Waals surface area contributed by atoms with Gasteiger partial charge in [-0.15, -0.1) is 24.0 Å². The number of hydrogen-bond acceptors (Lipinski definition) is 4. The molecule has 0 atom stereocenters. The molecular formula is C17H27BrIN5O2. The van der Waals surface area contributed by atoms with Crippen LogP contribution in [0.15, 0.2) is 27.7 Å². The van der Waals surface area contributed by atoms with Crippen molar-refractivity contribution >= 4 is 51.8 Å². The van der Waals surface area contributed by atoms with Gasteiger partial charge in [-0.25, -0.2) is 0 Å². The third-order valence-electron chi connectivity index (χ3n) is 4.22. The number of primary amides is 1. The smallest absolute Gasteiger partial charge is 0.231 e. The number of aliphatic imine (C=N–C) groups is 1. The third kappa shape index (κ3) is 7.28. The first kappa shape index (κ1) is 23.0. The van der Waals surface area contributed by atoms with Crippen LogP contribution in [-0.4, -0.2) is 56.6 Å². The molecule has 0 saturated carbocycles. The highest BCUT2D eigenvalue weighted by atomic mass is 127. The normalized spacial score (nSPS) is 15.9. The van der Waals surface area contributed by atoms with Gasteiger partial charge in [-0.1, -0.05) is 15.9 Å². The Balaban J connectivity index is 0.00000338. The first-order chi connectivity index (χ1) is 12.0. The van der Waals surface area contributed by atoms with Gasteiger partial charge >= 0.3 is 0 Å². The van der Waals surface area contributed by atoms with Gasteiger partial charge in [0.2, 0.25) is 5.91 Å². The summed E-state index contributed by atoms with van der Waals surface area (Å²) >= 11 is 3.49. The zero-order valence-electron chi connectivity index (χ0n) is 15.1. The number of rotatable bonds is 6. The van der Waals surface area contributed by atoms with Gasteiger partial charge in [0.15, 0.2) is 5.96 Å². The SMILES string of the molecule is CN=C(NCc1cc(Br)ccc1OC)NC1CCN(CC(N)=O)CC1.I. The quantitative estimate of drug-likeness (QED) is 0.291. The van der Waals surface area contributed by atoms with E-state index in [1.807, 2.05) is 18.2 Å². The molecule has 0 aromatic heterocycles. The zero-order valence-corrected chi connectivity index (χ0v) is 19.0. The Morgan fingerprint density at radius 3 is 2.69 bits per heavy atom. The topological polar surface area (TPSA) is 92.0 Å². The van der Waals surface area contributed by atoms with Crippen molar-refractivity contribution in [3.63, 3.8) is 0 Å². The molecule has 0 bridgehead atoms. The number of halogens is 2. The van der Waals surface area contributed by atoms with E-state index >= 15 is 0 Å². The van der Waals surface area contributed by atoms with Crippen LogP contribution in [-0.2, 0) is 11.3 Å². The van der Waals surface area contributed by atoms with Crippen LogP contribution >= 0.6 is 39.9 Å². The van der Waals surface area contributed by atoms with Crippen LogP contribution in [0.4, 0.5) is 0 Å². The predicted molar refractivity (Wildman–Crippen MR) is 118 cm³/mol. The van der Waals surface area contributed by atoms with Crippen molar-refractivity contribution in [1.29, 1.82) is 0 Å². The molecule has 0 aliphatic carbocycles. The van der Waals surface area contributed by atoms with Gasteiger partial charge in [-0.3, -0.25) is 14.7 Å². The molecule has 1 aromatic carbocycles. The summed E-state index contributed by atoms with van der Waals surface area (Å²) in [5.41, 5.74) is 6.30. The fourth-order valence-corrected chi connectivity index (χ4v) is 3.32. The van der Waals surface area contributed by atoms with Crippen LogP contribution in [0.25, 0.3) is 0 Å². The summed E-state index contributed by atoms with van der Waals surface area (Å²) < 4.78 is 6.40. The van der Waals surface area contributed by atoms with Crippen LogP contribution in [0.5, 0.6) is 5.75 Å². The number of nitrogens with two attached hydrogens (primary N) is 1. The zero-order chi connectivity index (χ0) is 18.2. The minimum atomic E-state index is -0.271. The highest BCUT2D eigenvalue weighted by molar-refractivity contribution is 14.0. The summed E-state index contributed by atoms with van der Waals surface area (Å²) in [6.45, 7) is 2.67. The molecule has 1 amide bonds. The molecule has 4 N–H and O–H groups in total. The summed E-state index contributed by atoms with van der Waals surface area (Å²) in [6.07, 6.45) is 1.91. The van der Waals surface area contributed by atoms with Crippen molar-refractivity contribution in [1.82, 2.24) is 15.5 Å². The lowest BCUT2D eigenvalue weighted by atomic mass is 10.1. The molecule has 1 heterocycles. The van der Waals surface area contributed by atoms with Crippen molar-refractivity contribution in [2.24, 2.45) is 10.7 Å². The number of amides is 1. The van der Waals surface area contributed by atoms with Gasteiger partial charge < -0.3 is 21.1 Å². The second-order valence-corrected chi connectivity index (χ2v) is 6.96. The molecule has 1 aromatic rings. The van der Waals surface area contributed by atoms with E-state index in [2.05, 4.69) is 36.5 Å². The van der Waals surface area contributed by atoms with Gasteiger partial charge in [-0.2, -0.15) is 0 Å². The van der Waals surface area contributed by atoms with Crippen molar-refractivity contribution in [3.8, 4) is 5.75 Å². The number of carbonyl (C=O) groups excluding carboxylic acids is 1. The minimum Gasteiger partial charge on any atom is -0.496 e. The van der Waals surface area contributed by atoms with E-state index in [1.165, 1.54) is 0 Å². The molecule has 1 aliphatic rings. The minimum absolute atomic E-state index is 0. The van der Waals surface area contributed by atoms with Crippen LogP contribution in [0.3, 0.4) is 0 Å². The molecule has 1 saturated heterocycles. The maximum Gasteiger partial charge on any atom is 0.231 e. The van der Waals surface area contributed by atoms with Crippen LogP contribution < -0.4 is 21.1 Å². The molecule has 146 valence electrons. The van der Waals surface area contributed by atoms with Crippen molar-refractivity contribution in [2.45, 2.75) is 25.4 Å². The van der Waals surface area contributed by atoms with E-state index < -0.39 is 0 Å². The number of piperidine rings is 1. The maximum atomic E-state index is 11.0. The Morgan fingerprint density at radius 1 is 1.42 bits per heavy atom. The molecule has 1 aliphatic heterocycles. The van der Waals surface area contributed by atoms with Gasteiger partial charge in [0, 0.05) is 42.8 Å². The van der Waals surface area contributed by atoms with E-state index in [1.54, 1.807) is 14.2 Å². The van der Waals surface area contributed by atoms with Crippen LogP contribution in [0, 0.1) is 0 Å². The molecule has 0 spiro atoms. The van der Waals surface area contributed by atoms with Crippen molar-refractivity contribution < 1.29 is 9.53 Å². The lowest BCUT2D eigenvalue weighted by Gasteiger charge is -2.32. The number of methoxy groups -OCH3 is 1. The molecule has 7 nitrogen and oxygen atoms in total. The van der Waals surface area contributed by atoms with E-state index in [-0.39, 0.29) is 29.9 Å². The molecule has 9 heteroatoms. The fourth-order valence-electron chi connectivity index (χ4n) is 2.91. The molecule has 2 rings (SSSR count). The van der Waals surface area contributed by atoms with Crippen molar-refractivity contribution in [3.05, 3.63) is 28.2 Å². The van der Waals surface area contributed by atoms with E-state index in [4.69, 9.17) is 10.5 Å². The monoisotopic (exact) mass is 539 g/mol. The number of carbonyl (C=O) groups is 1. The number of guanidine groups is 1. The lowest BCUT2D eigenvalue weighted by molar-refractivity contribution is -0.119. The molecule has 1 fully saturated rings. The van der Waals surface area contributed by atoms with Crippen LogP contribution in [0.1, 0.15) is 18.4 Å². The summed E-state index contributed by atoms with van der Waals surface area (Å²) in [4.78, 5) is 17.4. The predicted octanol–water partition coefficient (Wildman–Crippen LogP) is 1.69. The summed E-state index contributed by atoms with van der Waals surface area (Å²) in [5.74, 6) is 1.33. The maximum absolute atomic E-state index is 11.0. The van der Waals surface area contributed by atoms with Crippen LogP contribution in [0.2, 0.25) is 0 Å². The second kappa shape index (κ2) is 11.6. The molecular weight excluding hydrogens is 513 g/mol. The highest BCUT2D eigenvalue weighted by Gasteiger charge is 2.20.